The standard InChI is InChI=1S/C16H24N2O3/c1-3-13-5-4-9-17(10-8-13)15-7-6-14(12(2)19)11-16(15)18(20)21/h6-7,11-13,19H,3-5,8-10H2,1-2H3. The SMILES string of the molecule is CCC1CCCN(c2ccc(C(C)O)cc2[N+](=O)[O-])CC1. The van der Waals surface area contributed by atoms with Crippen molar-refractivity contribution in [3.8, 4) is 0 Å². The summed E-state index contributed by atoms with van der Waals surface area (Å²) in [7, 11) is 0. The molecule has 21 heavy (non-hydrogen) atoms. The molecule has 1 aliphatic rings. The number of anilines is 1. The molecule has 0 aromatic heterocycles. The van der Waals surface area contributed by atoms with Crippen LogP contribution in [0.25, 0.3) is 0 Å². The van der Waals surface area contributed by atoms with E-state index in [1.165, 1.54) is 18.9 Å². The molecule has 0 aliphatic carbocycles. The number of aliphatic hydroxyl groups excluding tert-OH is 1. The summed E-state index contributed by atoms with van der Waals surface area (Å²) in [4.78, 5) is 13.1. The molecule has 0 bridgehead atoms. The lowest BCUT2D eigenvalue weighted by Gasteiger charge is -2.23. The molecule has 0 radical (unpaired) electrons. The van der Waals surface area contributed by atoms with Gasteiger partial charge in [0.15, 0.2) is 0 Å². The minimum Gasteiger partial charge on any atom is -0.389 e. The summed E-state index contributed by atoms with van der Waals surface area (Å²) in [5.74, 6) is 0.728. The molecule has 0 saturated carbocycles. The molecule has 5 heteroatoms. The topological polar surface area (TPSA) is 66.6 Å². The van der Waals surface area contributed by atoms with Crippen LogP contribution < -0.4 is 4.90 Å². The van der Waals surface area contributed by atoms with Crippen molar-refractivity contribution in [2.75, 3.05) is 18.0 Å². The molecule has 1 N–H and O–H groups in total. The molecule has 1 fully saturated rings. The molecule has 1 heterocycles. The van der Waals surface area contributed by atoms with E-state index in [0.29, 0.717) is 11.3 Å². The van der Waals surface area contributed by atoms with Crippen molar-refractivity contribution in [2.24, 2.45) is 5.92 Å². The fourth-order valence-corrected chi connectivity index (χ4v) is 3.03. The fourth-order valence-electron chi connectivity index (χ4n) is 3.03. The third-order valence-electron chi connectivity index (χ3n) is 4.44. The van der Waals surface area contributed by atoms with Crippen molar-refractivity contribution >= 4 is 11.4 Å². The third-order valence-corrected chi connectivity index (χ3v) is 4.44. The average Bonchev–Trinajstić information content (AvgIpc) is 2.71. The Morgan fingerprint density at radius 2 is 2.19 bits per heavy atom. The zero-order valence-corrected chi connectivity index (χ0v) is 12.8. The second kappa shape index (κ2) is 6.89. The second-order valence-corrected chi connectivity index (χ2v) is 5.87. The molecule has 0 amide bonds. The summed E-state index contributed by atoms with van der Waals surface area (Å²) in [6, 6.07) is 5.07. The van der Waals surface area contributed by atoms with Crippen LogP contribution in [0.5, 0.6) is 0 Å². The van der Waals surface area contributed by atoms with Crippen LogP contribution in [0.2, 0.25) is 0 Å². The quantitative estimate of drug-likeness (QED) is 0.679. The molecule has 2 unspecified atom stereocenters. The predicted molar refractivity (Wildman–Crippen MR) is 83.6 cm³/mol. The molecule has 2 atom stereocenters. The highest BCUT2D eigenvalue weighted by molar-refractivity contribution is 5.64. The maximum Gasteiger partial charge on any atom is 0.292 e. The highest BCUT2D eigenvalue weighted by Gasteiger charge is 2.23. The Balaban J connectivity index is 2.28. The van der Waals surface area contributed by atoms with Gasteiger partial charge in [-0.3, -0.25) is 10.1 Å². The van der Waals surface area contributed by atoms with E-state index in [1.54, 1.807) is 19.1 Å². The molecular formula is C16H24N2O3. The molecule has 1 aromatic rings. The van der Waals surface area contributed by atoms with Gasteiger partial charge in [0.25, 0.3) is 5.69 Å². The van der Waals surface area contributed by atoms with E-state index in [-0.39, 0.29) is 10.6 Å². The summed E-state index contributed by atoms with van der Waals surface area (Å²) in [5, 5.41) is 20.9. The summed E-state index contributed by atoms with van der Waals surface area (Å²) in [5.41, 5.74) is 1.37. The molecule has 2 rings (SSSR count). The van der Waals surface area contributed by atoms with Gasteiger partial charge in [0.05, 0.1) is 11.0 Å². The Hall–Kier alpha value is -1.62. The number of benzene rings is 1. The first kappa shape index (κ1) is 15.8. The van der Waals surface area contributed by atoms with Gasteiger partial charge in [-0.2, -0.15) is 0 Å². The first-order valence-corrected chi connectivity index (χ1v) is 7.74. The largest absolute Gasteiger partial charge is 0.389 e. The van der Waals surface area contributed by atoms with Crippen LogP contribution in [0.15, 0.2) is 18.2 Å². The van der Waals surface area contributed by atoms with Crippen molar-refractivity contribution < 1.29 is 10.0 Å². The van der Waals surface area contributed by atoms with Gasteiger partial charge in [-0.1, -0.05) is 19.4 Å². The van der Waals surface area contributed by atoms with Gasteiger partial charge in [0.1, 0.15) is 5.69 Å². The Kier molecular flexibility index (Phi) is 5.17. The van der Waals surface area contributed by atoms with Crippen LogP contribution in [0, 0.1) is 16.0 Å². The smallest absolute Gasteiger partial charge is 0.292 e. The lowest BCUT2D eigenvalue weighted by Crippen LogP contribution is -2.25. The molecule has 1 saturated heterocycles. The Morgan fingerprint density at radius 3 is 2.81 bits per heavy atom. The summed E-state index contributed by atoms with van der Waals surface area (Å²) in [6.45, 7) is 5.56. The Bertz CT molecular complexity index is 502. The normalized spacial score (nSPS) is 20.9. The minimum atomic E-state index is -0.689. The van der Waals surface area contributed by atoms with E-state index in [1.807, 2.05) is 0 Å². The van der Waals surface area contributed by atoms with Gasteiger partial charge in [0.2, 0.25) is 0 Å². The summed E-state index contributed by atoms with van der Waals surface area (Å²) in [6.07, 6.45) is 3.86. The van der Waals surface area contributed by atoms with Crippen LogP contribution in [-0.4, -0.2) is 23.1 Å². The van der Waals surface area contributed by atoms with E-state index >= 15 is 0 Å². The first-order valence-electron chi connectivity index (χ1n) is 7.74. The van der Waals surface area contributed by atoms with Crippen LogP contribution >= 0.6 is 0 Å². The number of nitro benzene ring substituents is 1. The number of nitrogens with zero attached hydrogens (tertiary/aromatic N) is 2. The van der Waals surface area contributed by atoms with E-state index in [2.05, 4.69) is 11.8 Å². The number of aliphatic hydroxyl groups is 1. The van der Waals surface area contributed by atoms with E-state index in [0.717, 1.165) is 31.8 Å². The van der Waals surface area contributed by atoms with Crippen LogP contribution in [0.1, 0.15) is 51.2 Å². The van der Waals surface area contributed by atoms with Gasteiger partial charge in [-0.15, -0.1) is 0 Å². The van der Waals surface area contributed by atoms with Crippen molar-refractivity contribution in [1.82, 2.24) is 0 Å². The monoisotopic (exact) mass is 292 g/mol. The van der Waals surface area contributed by atoms with Gasteiger partial charge in [-0.25, -0.2) is 0 Å². The summed E-state index contributed by atoms with van der Waals surface area (Å²) < 4.78 is 0. The van der Waals surface area contributed by atoms with Crippen LogP contribution in [0.4, 0.5) is 11.4 Å². The van der Waals surface area contributed by atoms with Crippen molar-refractivity contribution in [3.63, 3.8) is 0 Å². The van der Waals surface area contributed by atoms with Gasteiger partial charge < -0.3 is 10.0 Å². The Morgan fingerprint density at radius 1 is 1.43 bits per heavy atom. The lowest BCUT2D eigenvalue weighted by atomic mass is 9.98. The molecular weight excluding hydrogens is 268 g/mol. The highest BCUT2D eigenvalue weighted by atomic mass is 16.6. The van der Waals surface area contributed by atoms with Crippen molar-refractivity contribution in [3.05, 3.63) is 33.9 Å². The fraction of sp³-hybridized carbons (Fsp3) is 0.625. The van der Waals surface area contributed by atoms with Gasteiger partial charge in [0, 0.05) is 19.2 Å². The van der Waals surface area contributed by atoms with E-state index in [4.69, 9.17) is 0 Å². The first-order chi connectivity index (χ1) is 10.0. The van der Waals surface area contributed by atoms with E-state index < -0.39 is 6.10 Å². The van der Waals surface area contributed by atoms with Crippen molar-refractivity contribution in [2.45, 2.75) is 45.6 Å². The minimum absolute atomic E-state index is 0.100. The Labute approximate surface area is 125 Å². The van der Waals surface area contributed by atoms with E-state index in [9.17, 15) is 15.2 Å². The van der Waals surface area contributed by atoms with Gasteiger partial charge in [-0.05, 0) is 43.7 Å². The summed E-state index contributed by atoms with van der Waals surface area (Å²) >= 11 is 0. The highest BCUT2D eigenvalue weighted by Crippen LogP contribution is 2.33. The zero-order valence-electron chi connectivity index (χ0n) is 12.8. The lowest BCUT2D eigenvalue weighted by molar-refractivity contribution is -0.384. The average molecular weight is 292 g/mol. The molecule has 0 spiro atoms. The molecule has 1 aliphatic heterocycles. The second-order valence-electron chi connectivity index (χ2n) is 5.87. The number of rotatable bonds is 4. The number of hydrogen-bond acceptors (Lipinski definition) is 4. The van der Waals surface area contributed by atoms with Crippen LogP contribution in [-0.2, 0) is 0 Å². The molecule has 116 valence electrons. The molecule has 1 aromatic carbocycles. The third kappa shape index (κ3) is 3.73. The molecule has 5 nitrogen and oxygen atoms in total. The number of nitro groups is 1. The maximum atomic E-state index is 11.3. The number of hydrogen-bond donors (Lipinski definition) is 1. The zero-order chi connectivity index (χ0) is 15.4. The van der Waals surface area contributed by atoms with Crippen LogP contribution in [0.3, 0.4) is 0 Å². The maximum absolute atomic E-state index is 11.3. The predicted octanol–water partition coefficient (Wildman–Crippen LogP) is 3.66. The van der Waals surface area contributed by atoms with Crippen molar-refractivity contribution in [1.29, 1.82) is 0 Å². The van der Waals surface area contributed by atoms with Gasteiger partial charge >= 0.3 is 0 Å².